The van der Waals surface area contributed by atoms with Gasteiger partial charge in [-0.15, -0.1) is 0 Å². The number of alkyl halides is 2. The molecule has 0 saturated carbocycles. The van der Waals surface area contributed by atoms with Gasteiger partial charge in [0, 0.05) is 34.0 Å². The van der Waals surface area contributed by atoms with Crippen LogP contribution in [0.3, 0.4) is 0 Å². The third kappa shape index (κ3) is 4.24. The summed E-state index contributed by atoms with van der Waals surface area (Å²) in [5, 5.41) is 34.0. The number of phenolic OH excluding ortho intramolecular Hbond substituents is 1. The summed E-state index contributed by atoms with van der Waals surface area (Å²) < 4.78 is 34.6. The maximum Gasteiger partial charge on any atom is 0.272 e. The van der Waals surface area contributed by atoms with Gasteiger partial charge in [0.05, 0.1) is 29.3 Å². The van der Waals surface area contributed by atoms with E-state index in [9.17, 15) is 28.9 Å². The van der Waals surface area contributed by atoms with Gasteiger partial charge in [-0.2, -0.15) is 0 Å². The number of benzene rings is 1. The number of hydrogen-bond donors (Lipinski definition) is 4. The largest absolute Gasteiger partial charge is 0.505 e. The van der Waals surface area contributed by atoms with Gasteiger partial charge >= 0.3 is 0 Å². The van der Waals surface area contributed by atoms with Crippen LogP contribution in [0.15, 0.2) is 41.4 Å². The number of ether oxygens (including phenoxy) is 1. The first-order valence-corrected chi connectivity index (χ1v) is 10.2. The lowest BCUT2D eigenvalue weighted by Gasteiger charge is -2.45. The van der Waals surface area contributed by atoms with Gasteiger partial charge < -0.3 is 35.2 Å². The standard InChI is InChI=1S/C22H29F2N3O5/c1-11-9-14(32-10-11)20(22(2,23)24)27(5)16-15(18(29)19(16)30)25-13-8-6-7-12(17(13)28)21(31)26(3)4/h6-9,11,18-20,25,28-30H,10H2,1-5H3/t11?,18?,19?,20-/m0/s1. The van der Waals surface area contributed by atoms with Crippen LogP contribution in [0, 0.1) is 5.92 Å². The second-order valence-electron chi connectivity index (χ2n) is 8.54. The molecule has 0 fully saturated rings. The summed E-state index contributed by atoms with van der Waals surface area (Å²) in [5.74, 6) is -3.95. The van der Waals surface area contributed by atoms with Gasteiger partial charge in [-0.1, -0.05) is 13.0 Å². The van der Waals surface area contributed by atoms with Crippen molar-refractivity contribution in [2.45, 2.75) is 38.0 Å². The van der Waals surface area contributed by atoms with Crippen molar-refractivity contribution < 1.29 is 33.6 Å². The normalized spacial score (nSPS) is 23.8. The van der Waals surface area contributed by atoms with Crippen molar-refractivity contribution in [3.05, 3.63) is 47.0 Å². The zero-order valence-electron chi connectivity index (χ0n) is 18.6. The van der Waals surface area contributed by atoms with Crippen LogP contribution in [0.4, 0.5) is 14.5 Å². The number of amides is 1. The maximum atomic E-state index is 14.6. The molecule has 1 aromatic rings. The Labute approximate surface area is 185 Å². The van der Waals surface area contributed by atoms with E-state index in [-0.39, 0.29) is 46.7 Å². The lowest BCUT2D eigenvalue weighted by Crippen LogP contribution is -2.55. The van der Waals surface area contributed by atoms with E-state index in [1.165, 1.54) is 49.1 Å². The minimum atomic E-state index is -3.22. The average Bonchev–Trinajstić information content (AvgIpc) is 3.12. The number of rotatable bonds is 7. The number of aromatic hydroxyl groups is 1. The van der Waals surface area contributed by atoms with E-state index in [4.69, 9.17) is 4.74 Å². The van der Waals surface area contributed by atoms with Crippen molar-refractivity contribution in [1.82, 2.24) is 9.80 Å². The summed E-state index contributed by atoms with van der Waals surface area (Å²) in [6, 6.07) is 2.94. The van der Waals surface area contributed by atoms with Gasteiger partial charge in [0.2, 0.25) is 0 Å². The highest BCUT2D eigenvalue weighted by Crippen LogP contribution is 2.41. The Morgan fingerprint density at radius 2 is 1.91 bits per heavy atom. The van der Waals surface area contributed by atoms with Crippen molar-refractivity contribution >= 4 is 11.6 Å². The molecule has 4 N–H and O–H groups in total. The molecule has 1 amide bonds. The average molecular weight is 453 g/mol. The second kappa shape index (κ2) is 8.59. The third-order valence-corrected chi connectivity index (χ3v) is 5.57. The lowest BCUT2D eigenvalue weighted by molar-refractivity contribution is -0.0701. The zero-order chi connectivity index (χ0) is 24.0. The van der Waals surface area contributed by atoms with Crippen molar-refractivity contribution in [2.75, 3.05) is 33.1 Å². The van der Waals surface area contributed by atoms with Gasteiger partial charge in [-0.3, -0.25) is 4.79 Å². The lowest BCUT2D eigenvalue weighted by atomic mass is 9.89. The molecule has 2 aliphatic rings. The van der Waals surface area contributed by atoms with Gasteiger partial charge in [0.25, 0.3) is 11.8 Å². The number of anilines is 1. The molecule has 176 valence electrons. The van der Waals surface area contributed by atoms with Crippen LogP contribution in [-0.2, 0) is 4.74 Å². The SMILES string of the molecule is CC1C=C([C@H](N(C)C2=C(Nc3cccc(C(=O)N(C)C)c3O)C(O)C2O)C(C)(F)F)OC1. The topological polar surface area (TPSA) is 106 Å². The number of phenols is 1. The fourth-order valence-electron chi connectivity index (χ4n) is 3.96. The second-order valence-corrected chi connectivity index (χ2v) is 8.54. The van der Waals surface area contributed by atoms with Gasteiger partial charge in [-0.05, 0) is 18.2 Å². The molecule has 32 heavy (non-hydrogen) atoms. The zero-order valence-corrected chi connectivity index (χ0v) is 18.6. The summed E-state index contributed by atoms with van der Waals surface area (Å²) in [6.45, 7) is 2.89. The first kappa shape index (κ1) is 23.8. The smallest absolute Gasteiger partial charge is 0.272 e. The van der Waals surface area contributed by atoms with Crippen LogP contribution in [0.2, 0.25) is 0 Å². The minimum Gasteiger partial charge on any atom is -0.505 e. The van der Waals surface area contributed by atoms with E-state index >= 15 is 0 Å². The van der Waals surface area contributed by atoms with Gasteiger partial charge in [0.1, 0.15) is 24.0 Å². The summed E-state index contributed by atoms with van der Waals surface area (Å²) in [5.41, 5.74) is 0.207. The Balaban J connectivity index is 1.98. The highest BCUT2D eigenvalue weighted by Gasteiger charge is 2.49. The number of carbonyl (C=O) groups is 1. The van der Waals surface area contributed by atoms with E-state index in [0.717, 1.165) is 6.92 Å². The number of nitrogens with one attached hydrogen (secondary N) is 1. The van der Waals surface area contributed by atoms with Crippen LogP contribution in [0.5, 0.6) is 5.75 Å². The van der Waals surface area contributed by atoms with Crippen LogP contribution < -0.4 is 5.32 Å². The maximum absolute atomic E-state index is 14.6. The summed E-state index contributed by atoms with van der Waals surface area (Å²) in [7, 11) is 4.46. The molecule has 8 nitrogen and oxygen atoms in total. The monoisotopic (exact) mass is 453 g/mol. The van der Waals surface area contributed by atoms with Crippen molar-refractivity contribution in [3.63, 3.8) is 0 Å². The molecule has 0 spiro atoms. The Kier molecular flexibility index (Phi) is 6.39. The van der Waals surface area contributed by atoms with Crippen molar-refractivity contribution in [1.29, 1.82) is 0 Å². The van der Waals surface area contributed by atoms with Crippen molar-refractivity contribution in [3.8, 4) is 5.75 Å². The van der Waals surface area contributed by atoms with E-state index < -0.39 is 30.1 Å². The molecule has 1 aliphatic heterocycles. The van der Waals surface area contributed by atoms with Gasteiger partial charge in [-0.25, -0.2) is 8.78 Å². The molecule has 1 aliphatic carbocycles. The highest BCUT2D eigenvalue weighted by atomic mass is 19.3. The number of aliphatic hydroxyl groups is 2. The number of hydrogen-bond acceptors (Lipinski definition) is 7. The highest BCUT2D eigenvalue weighted by molar-refractivity contribution is 5.98. The summed E-state index contributed by atoms with van der Waals surface area (Å²) >= 11 is 0. The Morgan fingerprint density at radius 3 is 2.44 bits per heavy atom. The minimum absolute atomic E-state index is 0.0272. The van der Waals surface area contributed by atoms with Gasteiger partial charge in [0.15, 0.2) is 5.75 Å². The molecule has 0 saturated heterocycles. The summed E-state index contributed by atoms with van der Waals surface area (Å²) in [4.78, 5) is 14.7. The van der Waals surface area contributed by atoms with E-state index in [0.29, 0.717) is 0 Å². The van der Waals surface area contributed by atoms with E-state index in [2.05, 4.69) is 5.32 Å². The molecule has 4 atom stereocenters. The van der Waals surface area contributed by atoms with E-state index in [1.807, 2.05) is 6.92 Å². The number of aliphatic hydroxyl groups excluding tert-OH is 2. The van der Waals surface area contributed by atoms with Crippen LogP contribution in [0.1, 0.15) is 24.2 Å². The number of halogens is 2. The van der Waals surface area contributed by atoms with E-state index in [1.54, 1.807) is 6.08 Å². The fourth-order valence-corrected chi connectivity index (χ4v) is 3.96. The third-order valence-electron chi connectivity index (χ3n) is 5.57. The molecule has 0 radical (unpaired) electrons. The molecule has 3 unspecified atom stereocenters. The summed E-state index contributed by atoms with van der Waals surface area (Å²) in [6.07, 6.45) is -1.18. The van der Waals surface area contributed by atoms with Crippen LogP contribution in [-0.4, -0.2) is 82.9 Å². The Hall–Kier alpha value is -2.85. The quantitative estimate of drug-likeness (QED) is 0.468. The number of carbonyl (C=O) groups excluding carboxylic acids is 1. The molecular weight excluding hydrogens is 424 g/mol. The molecule has 0 aromatic heterocycles. The molecule has 1 aromatic carbocycles. The Bertz CT molecular complexity index is 957. The predicted molar refractivity (Wildman–Crippen MR) is 114 cm³/mol. The first-order chi connectivity index (χ1) is 14.8. The number of nitrogens with zero attached hydrogens (tertiary/aromatic N) is 2. The first-order valence-electron chi connectivity index (χ1n) is 10.2. The van der Waals surface area contributed by atoms with Crippen LogP contribution >= 0.6 is 0 Å². The van der Waals surface area contributed by atoms with Crippen LogP contribution in [0.25, 0.3) is 0 Å². The Morgan fingerprint density at radius 1 is 1.25 bits per heavy atom. The molecule has 10 heteroatoms. The molecule has 3 rings (SSSR count). The predicted octanol–water partition coefficient (Wildman–Crippen LogP) is 1.96. The number of para-hydroxylation sites is 1. The fraction of sp³-hybridized carbons (Fsp3) is 0.500. The molecular formula is C22H29F2N3O5. The molecule has 0 bridgehead atoms. The number of likely N-dealkylation sites (N-methyl/N-ethyl adjacent to an activating group) is 1. The molecule has 1 heterocycles. The van der Waals surface area contributed by atoms with Crippen molar-refractivity contribution in [2.24, 2.45) is 5.92 Å².